The molecule has 0 radical (unpaired) electrons. The van der Waals surface area contributed by atoms with Crippen LogP contribution in [-0.2, 0) is 0 Å². The van der Waals surface area contributed by atoms with E-state index in [2.05, 4.69) is 112 Å². The lowest BCUT2D eigenvalue weighted by Crippen LogP contribution is -1.97. The first-order chi connectivity index (χ1) is 21.8. The van der Waals surface area contributed by atoms with Crippen molar-refractivity contribution in [3.8, 4) is 39.6 Å². The van der Waals surface area contributed by atoms with Gasteiger partial charge < -0.3 is 8.98 Å². The molecular weight excluding hydrogens is 540 g/mol. The van der Waals surface area contributed by atoms with Gasteiger partial charge >= 0.3 is 0 Å². The molecule has 0 saturated carbocycles. The summed E-state index contributed by atoms with van der Waals surface area (Å²) in [6, 6.07) is 48.4. The minimum atomic E-state index is 0.640. The molecule has 0 bridgehead atoms. The second-order valence-electron chi connectivity index (χ2n) is 10.9. The zero-order valence-corrected chi connectivity index (χ0v) is 23.6. The summed E-state index contributed by atoms with van der Waals surface area (Å²) in [7, 11) is 0. The maximum absolute atomic E-state index is 6.21. The molecule has 0 saturated heterocycles. The Morgan fingerprint density at radius 1 is 0.432 bits per heavy atom. The second-order valence-corrected chi connectivity index (χ2v) is 10.9. The highest BCUT2D eigenvalue weighted by Crippen LogP contribution is 2.37. The zero-order chi connectivity index (χ0) is 29.0. The fourth-order valence-electron chi connectivity index (χ4n) is 6.28. The van der Waals surface area contributed by atoms with Gasteiger partial charge in [0.25, 0.3) is 0 Å². The van der Waals surface area contributed by atoms with Gasteiger partial charge in [-0.1, -0.05) is 97.1 Å². The van der Waals surface area contributed by atoms with Gasteiger partial charge in [-0.15, -0.1) is 0 Å². The van der Waals surface area contributed by atoms with Gasteiger partial charge in [0.1, 0.15) is 17.5 Å². The third-order valence-electron chi connectivity index (χ3n) is 8.35. The Hall–Kier alpha value is -6.07. The first-order valence-corrected chi connectivity index (χ1v) is 14.6. The van der Waals surface area contributed by atoms with Gasteiger partial charge in [-0.2, -0.15) is 0 Å². The lowest BCUT2D eigenvalue weighted by atomic mass is 10.0. The first-order valence-electron chi connectivity index (χ1n) is 14.6. The van der Waals surface area contributed by atoms with Crippen molar-refractivity contribution in [1.29, 1.82) is 0 Å². The van der Waals surface area contributed by atoms with Crippen molar-refractivity contribution in [2.75, 3.05) is 0 Å². The summed E-state index contributed by atoms with van der Waals surface area (Å²) < 4.78 is 8.54. The molecule has 0 N–H and O–H groups in total. The molecule has 6 aromatic carbocycles. The Balaban J connectivity index is 1.20. The summed E-state index contributed by atoms with van der Waals surface area (Å²) in [5, 5.41) is 4.67. The normalized spacial score (nSPS) is 11.6. The highest BCUT2D eigenvalue weighted by atomic mass is 16.3. The molecular formula is C39H24N4O. The van der Waals surface area contributed by atoms with Crippen LogP contribution in [0, 0.1) is 0 Å². The summed E-state index contributed by atoms with van der Waals surface area (Å²) in [6.45, 7) is 0. The van der Waals surface area contributed by atoms with E-state index in [9.17, 15) is 0 Å². The van der Waals surface area contributed by atoms with E-state index in [1.165, 1.54) is 10.8 Å². The summed E-state index contributed by atoms with van der Waals surface area (Å²) in [6.07, 6.45) is 1.59. The van der Waals surface area contributed by atoms with E-state index >= 15 is 0 Å². The van der Waals surface area contributed by atoms with Crippen LogP contribution in [0.25, 0.3) is 83.3 Å². The Labute approximate surface area is 252 Å². The lowest BCUT2D eigenvalue weighted by Gasteiger charge is -2.11. The minimum absolute atomic E-state index is 0.640. The van der Waals surface area contributed by atoms with Crippen molar-refractivity contribution >= 4 is 43.7 Å². The SMILES string of the molecule is c1ccc(-c2ncnc(-c3cccc(-n4c5ccccc5c5ccc(-c6ccc7c(c6)oc6ccccc67)cc54)c3)n2)cc1. The van der Waals surface area contributed by atoms with Gasteiger partial charge in [-0.05, 0) is 53.6 Å². The predicted octanol–water partition coefficient (Wildman–Crippen LogP) is 9.87. The number of hydrogen-bond donors (Lipinski definition) is 0. The molecule has 0 aliphatic carbocycles. The fourth-order valence-corrected chi connectivity index (χ4v) is 6.28. The lowest BCUT2D eigenvalue weighted by molar-refractivity contribution is 0.669. The molecule has 0 fully saturated rings. The van der Waals surface area contributed by atoms with Gasteiger partial charge in [0.15, 0.2) is 11.6 Å². The molecule has 0 unspecified atom stereocenters. The molecule has 0 amide bonds. The summed E-state index contributed by atoms with van der Waals surface area (Å²) >= 11 is 0. The van der Waals surface area contributed by atoms with Crippen molar-refractivity contribution in [3.05, 3.63) is 146 Å². The molecule has 0 atom stereocenters. The molecule has 0 aliphatic rings. The van der Waals surface area contributed by atoms with E-state index in [1.807, 2.05) is 42.5 Å². The highest BCUT2D eigenvalue weighted by Gasteiger charge is 2.15. The third-order valence-corrected chi connectivity index (χ3v) is 8.35. The van der Waals surface area contributed by atoms with Crippen LogP contribution in [0.15, 0.2) is 150 Å². The topological polar surface area (TPSA) is 56.7 Å². The fraction of sp³-hybridized carbons (Fsp3) is 0. The number of benzene rings is 6. The Morgan fingerprint density at radius 2 is 1.09 bits per heavy atom. The van der Waals surface area contributed by atoms with Crippen LogP contribution < -0.4 is 0 Å². The number of hydrogen-bond acceptors (Lipinski definition) is 4. The zero-order valence-electron chi connectivity index (χ0n) is 23.6. The van der Waals surface area contributed by atoms with Gasteiger partial charge in [0, 0.05) is 38.4 Å². The van der Waals surface area contributed by atoms with Crippen LogP contribution in [0.2, 0.25) is 0 Å². The largest absolute Gasteiger partial charge is 0.456 e. The number of fused-ring (bicyclic) bond motifs is 6. The maximum atomic E-state index is 6.21. The van der Waals surface area contributed by atoms with Crippen LogP contribution in [0.3, 0.4) is 0 Å². The third kappa shape index (κ3) is 3.91. The van der Waals surface area contributed by atoms with Crippen molar-refractivity contribution in [2.24, 2.45) is 0 Å². The van der Waals surface area contributed by atoms with Crippen molar-refractivity contribution in [1.82, 2.24) is 19.5 Å². The van der Waals surface area contributed by atoms with E-state index < -0.39 is 0 Å². The molecule has 9 aromatic rings. The summed E-state index contributed by atoms with van der Waals surface area (Å²) in [4.78, 5) is 13.8. The van der Waals surface area contributed by atoms with Crippen molar-refractivity contribution in [3.63, 3.8) is 0 Å². The van der Waals surface area contributed by atoms with E-state index in [4.69, 9.17) is 9.40 Å². The van der Waals surface area contributed by atoms with Crippen LogP contribution in [0.1, 0.15) is 0 Å². The van der Waals surface area contributed by atoms with E-state index in [-0.39, 0.29) is 0 Å². The van der Waals surface area contributed by atoms with Crippen LogP contribution in [0.5, 0.6) is 0 Å². The smallest absolute Gasteiger partial charge is 0.163 e. The van der Waals surface area contributed by atoms with E-state index in [1.54, 1.807) is 6.33 Å². The Kier molecular flexibility index (Phi) is 5.43. The van der Waals surface area contributed by atoms with Crippen molar-refractivity contribution in [2.45, 2.75) is 0 Å². The first kappa shape index (κ1) is 24.5. The molecule has 3 heterocycles. The van der Waals surface area contributed by atoms with Crippen molar-refractivity contribution < 1.29 is 4.42 Å². The van der Waals surface area contributed by atoms with Crippen LogP contribution in [-0.4, -0.2) is 19.5 Å². The molecule has 9 rings (SSSR count). The number of aromatic nitrogens is 4. The number of nitrogens with zero attached hydrogens (tertiary/aromatic N) is 4. The van der Waals surface area contributed by atoms with Gasteiger partial charge in [0.2, 0.25) is 0 Å². The number of furan rings is 1. The predicted molar refractivity (Wildman–Crippen MR) is 178 cm³/mol. The molecule has 0 aliphatic heterocycles. The van der Waals surface area contributed by atoms with Gasteiger partial charge in [-0.25, -0.2) is 15.0 Å². The Morgan fingerprint density at radius 3 is 1.98 bits per heavy atom. The standard InChI is InChI=1S/C39H24N4O/c1-2-9-25(10-3-1)38-40-24-41-39(42-38)28-11-8-12-29(21-28)43-34-15-6-4-13-30(34)31-19-17-26(22-35(31)43)27-18-20-33-32-14-5-7-16-36(32)44-37(33)23-27/h1-24H. The molecule has 206 valence electrons. The summed E-state index contributed by atoms with van der Waals surface area (Å²) in [5.74, 6) is 1.30. The van der Waals surface area contributed by atoms with E-state index in [0.29, 0.717) is 11.6 Å². The second kappa shape index (κ2) is 9.75. The Bertz CT molecular complexity index is 2510. The average Bonchev–Trinajstić information content (AvgIpc) is 3.64. The highest BCUT2D eigenvalue weighted by molar-refractivity contribution is 6.11. The number of rotatable bonds is 4. The van der Waals surface area contributed by atoms with Crippen LogP contribution >= 0.6 is 0 Å². The van der Waals surface area contributed by atoms with Crippen LogP contribution in [0.4, 0.5) is 0 Å². The maximum Gasteiger partial charge on any atom is 0.163 e. The quantitative estimate of drug-likeness (QED) is 0.213. The van der Waals surface area contributed by atoms with Gasteiger partial charge in [-0.3, -0.25) is 0 Å². The number of para-hydroxylation sites is 2. The summed E-state index contributed by atoms with van der Waals surface area (Å²) in [5.41, 5.74) is 9.25. The molecule has 3 aromatic heterocycles. The van der Waals surface area contributed by atoms with Gasteiger partial charge in [0.05, 0.1) is 11.0 Å². The minimum Gasteiger partial charge on any atom is -0.456 e. The molecule has 5 heteroatoms. The molecule has 5 nitrogen and oxygen atoms in total. The molecule has 44 heavy (non-hydrogen) atoms. The monoisotopic (exact) mass is 564 g/mol. The van der Waals surface area contributed by atoms with E-state index in [0.717, 1.165) is 60.9 Å². The average molecular weight is 565 g/mol. The molecule has 0 spiro atoms.